The molecule has 6 nitrogen and oxygen atoms in total. The third-order valence-electron chi connectivity index (χ3n) is 4.87. The van der Waals surface area contributed by atoms with E-state index in [0.717, 1.165) is 11.1 Å². The Morgan fingerprint density at radius 2 is 1.93 bits per heavy atom. The van der Waals surface area contributed by atoms with E-state index in [0.29, 0.717) is 38.4 Å². The number of nitrogens with zero attached hydrogens (tertiary/aromatic N) is 2. The van der Waals surface area contributed by atoms with Crippen LogP contribution in [0.2, 0.25) is 0 Å². The van der Waals surface area contributed by atoms with Crippen LogP contribution in [-0.4, -0.2) is 41.9 Å². The zero-order valence-electron chi connectivity index (χ0n) is 16.0. The number of benzene rings is 1. The summed E-state index contributed by atoms with van der Waals surface area (Å²) in [6.07, 6.45) is 6.48. The molecule has 146 valence electrons. The molecule has 2 aromatic rings. The van der Waals surface area contributed by atoms with Gasteiger partial charge in [0.2, 0.25) is 17.7 Å². The number of ether oxygens (including phenoxy) is 1. The quantitative estimate of drug-likeness (QED) is 0.784. The average molecular weight is 379 g/mol. The molecule has 1 aromatic heterocycles. The van der Waals surface area contributed by atoms with Gasteiger partial charge in [0.05, 0.1) is 7.11 Å². The lowest BCUT2D eigenvalue weighted by Crippen LogP contribution is -2.42. The van der Waals surface area contributed by atoms with Gasteiger partial charge in [-0.15, -0.1) is 0 Å². The largest absolute Gasteiger partial charge is 0.481 e. The van der Waals surface area contributed by atoms with Crippen molar-refractivity contribution in [3.8, 4) is 5.88 Å². The van der Waals surface area contributed by atoms with Crippen LogP contribution < -0.4 is 10.1 Å². The van der Waals surface area contributed by atoms with E-state index in [9.17, 15) is 9.59 Å². The second kappa shape index (κ2) is 9.69. The number of nitrogens with one attached hydrogen (secondary N) is 1. The van der Waals surface area contributed by atoms with Crippen molar-refractivity contribution in [1.82, 2.24) is 15.2 Å². The highest BCUT2D eigenvalue weighted by Crippen LogP contribution is 2.18. The first kappa shape index (κ1) is 19.6. The molecule has 0 saturated carbocycles. The van der Waals surface area contributed by atoms with Crippen molar-refractivity contribution in [2.24, 2.45) is 5.92 Å². The van der Waals surface area contributed by atoms with Crippen LogP contribution in [0.5, 0.6) is 5.88 Å². The van der Waals surface area contributed by atoms with E-state index < -0.39 is 0 Å². The van der Waals surface area contributed by atoms with Crippen LogP contribution in [0.4, 0.5) is 0 Å². The van der Waals surface area contributed by atoms with Crippen LogP contribution in [0.15, 0.2) is 54.7 Å². The van der Waals surface area contributed by atoms with Gasteiger partial charge in [0, 0.05) is 43.9 Å². The van der Waals surface area contributed by atoms with Crippen molar-refractivity contribution in [2.75, 3.05) is 20.2 Å². The summed E-state index contributed by atoms with van der Waals surface area (Å²) < 4.78 is 5.03. The van der Waals surface area contributed by atoms with Crippen molar-refractivity contribution in [2.45, 2.75) is 19.4 Å². The summed E-state index contributed by atoms with van der Waals surface area (Å²) in [5.74, 6) is 0.511. The first-order valence-corrected chi connectivity index (χ1v) is 9.44. The van der Waals surface area contributed by atoms with E-state index in [1.807, 2.05) is 42.5 Å². The SMILES string of the molecule is COc1ccc(CNC(=O)C2CCN(C(=O)/C=C/c3ccccc3)CC2)cn1. The molecule has 0 spiro atoms. The third-order valence-corrected chi connectivity index (χ3v) is 4.87. The summed E-state index contributed by atoms with van der Waals surface area (Å²) in [5, 5.41) is 2.96. The first-order chi connectivity index (χ1) is 13.7. The van der Waals surface area contributed by atoms with Gasteiger partial charge in [0.1, 0.15) is 0 Å². The van der Waals surface area contributed by atoms with E-state index in [1.165, 1.54) is 0 Å². The fraction of sp³-hybridized carbons (Fsp3) is 0.318. The number of methoxy groups -OCH3 is 1. The Hall–Kier alpha value is -3.15. The van der Waals surface area contributed by atoms with Crippen LogP contribution in [-0.2, 0) is 16.1 Å². The second-order valence-corrected chi connectivity index (χ2v) is 6.77. The minimum Gasteiger partial charge on any atom is -0.481 e. The van der Waals surface area contributed by atoms with Gasteiger partial charge in [-0.25, -0.2) is 4.98 Å². The molecule has 1 aliphatic rings. The summed E-state index contributed by atoms with van der Waals surface area (Å²) in [6, 6.07) is 13.4. The van der Waals surface area contributed by atoms with Gasteiger partial charge >= 0.3 is 0 Å². The normalized spacial score (nSPS) is 14.8. The molecule has 0 aliphatic carbocycles. The van der Waals surface area contributed by atoms with E-state index in [4.69, 9.17) is 4.74 Å². The lowest BCUT2D eigenvalue weighted by Gasteiger charge is -2.30. The zero-order valence-corrected chi connectivity index (χ0v) is 16.0. The van der Waals surface area contributed by atoms with Gasteiger partial charge in [-0.3, -0.25) is 9.59 Å². The van der Waals surface area contributed by atoms with E-state index in [-0.39, 0.29) is 17.7 Å². The summed E-state index contributed by atoms with van der Waals surface area (Å²) in [7, 11) is 1.57. The Bertz CT molecular complexity index is 811. The molecule has 0 radical (unpaired) electrons. The topological polar surface area (TPSA) is 71.5 Å². The summed E-state index contributed by atoms with van der Waals surface area (Å²) >= 11 is 0. The van der Waals surface area contributed by atoms with E-state index in [1.54, 1.807) is 30.3 Å². The Kier molecular flexibility index (Phi) is 6.78. The second-order valence-electron chi connectivity index (χ2n) is 6.77. The smallest absolute Gasteiger partial charge is 0.246 e. The zero-order chi connectivity index (χ0) is 19.8. The fourth-order valence-electron chi connectivity index (χ4n) is 3.17. The van der Waals surface area contributed by atoms with Gasteiger partial charge in [-0.05, 0) is 30.0 Å². The molecule has 0 bridgehead atoms. The predicted molar refractivity (Wildman–Crippen MR) is 107 cm³/mol. The van der Waals surface area contributed by atoms with Crippen molar-refractivity contribution in [3.05, 3.63) is 65.9 Å². The number of likely N-dealkylation sites (tertiary alicyclic amines) is 1. The highest BCUT2D eigenvalue weighted by molar-refractivity contribution is 5.92. The maximum atomic E-state index is 12.4. The van der Waals surface area contributed by atoms with Gasteiger partial charge in [0.25, 0.3) is 0 Å². The highest BCUT2D eigenvalue weighted by Gasteiger charge is 2.26. The number of carbonyl (C=O) groups is 2. The number of amides is 2. The Balaban J connectivity index is 1.43. The number of carbonyl (C=O) groups excluding carboxylic acids is 2. The van der Waals surface area contributed by atoms with Crippen LogP contribution in [0.3, 0.4) is 0 Å². The fourth-order valence-corrected chi connectivity index (χ4v) is 3.17. The van der Waals surface area contributed by atoms with E-state index in [2.05, 4.69) is 10.3 Å². The molecule has 1 aliphatic heterocycles. The number of hydrogen-bond acceptors (Lipinski definition) is 4. The van der Waals surface area contributed by atoms with Gasteiger partial charge in [0.15, 0.2) is 0 Å². The molecule has 1 saturated heterocycles. The number of piperidine rings is 1. The van der Waals surface area contributed by atoms with Crippen LogP contribution in [0, 0.1) is 5.92 Å². The minimum atomic E-state index is -0.0617. The van der Waals surface area contributed by atoms with Gasteiger partial charge in [-0.1, -0.05) is 36.4 Å². The number of hydrogen-bond donors (Lipinski definition) is 1. The summed E-state index contributed by atoms with van der Waals surface area (Å²) in [4.78, 5) is 30.7. The van der Waals surface area contributed by atoms with Crippen molar-refractivity contribution >= 4 is 17.9 Å². The monoisotopic (exact) mass is 379 g/mol. The number of rotatable bonds is 6. The van der Waals surface area contributed by atoms with E-state index >= 15 is 0 Å². The lowest BCUT2D eigenvalue weighted by atomic mass is 9.95. The van der Waals surface area contributed by atoms with Crippen molar-refractivity contribution in [1.29, 1.82) is 0 Å². The standard InChI is InChI=1S/C22H25N3O3/c1-28-20-9-7-18(15-23-20)16-24-22(27)19-11-13-25(14-12-19)21(26)10-8-17-5-3-2-4-6-17/h2-10,15,19H,11-14,16H2,1H3,(H,24,27)/b10-8+. The molecular formula is C22H25N3O3. The molecule has 1 N–H and O–H groups in total. The molecule has 28 heavy (non-hydrogen) atoms. The predicted octanol–water partition coefficient (Wildman–Crippen LogP) is 2.66. The molecule has 6 heteroatoms. The summed E-state index contributed by atoms with van der Waals surface area (Å²) in [6.45, 7) is 1.63. The Morgan fingerprint density at radius 3 is 2.57 bits per heavy atom. The average Bonchev–Trinajstić information content (AvgIpc) is 2.77. The maximum Gasteiger partial charge on any atom is 0.246 e. The van der Waals surface area contributed by atoms with Crippen molar-refractivity contribution in [3.63, 3.8) is 0 Å². The van der Waals surface area contributed by atoms with Gasteiger partial charge in [-0.2, -0.15) is 0 Å². The maximum absolute atomic E-state index is 12.4. The lowest BCUT2D eigenvalue weighted by molar-refractivity contribution is -0.132. The third kappa shape index (κ3) is 5.42. The Morgan fingerprint density at radius 1 is 1.18 bits per heavy atom. The Labute approximate surface area is 165 Å². The molecule has 0 unspecified atom stereocenters. The molecular weight excluding hydrogens is 354 g/mol. The van der Waals surface area contributed by atoms with Gasteiger partial charge < -0.3 is 15.0 Å². The van der Waals surface area contributed by atoms with Crippen molar-refractivity contribution < 1.29 is 14.3 Å². The summed E-state index contributed by atoms with van der Waals surface area (Å²) in [5.41, 5.74) is 1.92. The number of aromatic nitrogens is 1. The molecule has 1 fully saturated rings. The first-order valence-electron chi connectivity index (χ1n) is 9.44. The molecule has 0 atom stereocenters. The molecule has 2 amide bonds. The minimum absolute atomic E-state index is 0.00739. The number of pyridine rings is 1. The molecule has 3 rings (SSSR count). The molecule has 1 aromatic carbocycles. The highest BCUT2D eigenvalue weighted by atomic mass is 16.5. The van der Waals surface area contributed by atoms with Crippen LogP contribution >= 0.6 is 0 Å². The van der Waals surface area contributed by atoms with Crippen LogP contribution in [0.1, 0.15) is 24.0 Å². The molecule has 2 heterocycles. The van der Waals surface area contributed by atoms with Crippen LogP contribution in [0.25, 0.3) is 6.08 Å².